The Bertz CT molecular complexity index is 424. The van der Waals surface area contributed by atoms with Crippen LogP contribution in [-0.4, -0.2) is 17.1 Å². The summed E-state index contributed by atoms with van der Waals surface area (Å²) in [5, 5.41) is 13.3. The molecule has 0 spiro atoms. The monoisotopic (exact) mass is 261 g/mol. The van der Waals surface area contributed by atoms with Crippen molar-refractivity contribution in [2.45, 2.75) is 51.1 Å². The lowest BCUT2D eigenvalue weighted by molar-refractivity contribution is -0.148. The highest BCUT2D eigenvalue weighted by Crippen LogP contribution is 2.33. The van der Waals surface area contributed by atoms with Crippen LogP contribution in [0.3, 0.4) is 0 Å². The molecule has 1 unspecified atom stereocenters. The van der Waals surface area contributed by atoms with Gasteiger partial charge in [-0.25, -0.2) is 4.79 Å². The molecule has 0 aromatic heterocycles. The maximum atomic E-state index is 12.0. The van der Waals surface area contributed by atoms with Crippen LogP contribution in [0, 0.1) is 5.92 Å². The molecule has 19 heavy (non-hydrogen) atoms. The van der Waals surface area contributed by atoms with Crippen molar-refractivity contribution in [3.63, 3.8) is 0 Å². The fourth-order valence-corrected chi connectivity index (χ4v) is 3.11. The predicted molar refractivity (Wildman–Crippen MR) is 76.0 cm³/mol. The second-order valence-corrected chi connectivity index (χ2v) is 5.76. The van der Waals surface area contributed by atoms with E-state index in [9.17, 15) is 9.90 Å². The van der Waals surface area contributed by atoms with E-state index < -0.39 is 11.5 Å². The Hall–Kier alpha value is -1.35. The summed E-state index contributed by atoms with van der Waals surface area (Å²) in [6.45, 7) is 3.95. The molecular formula is C16H23NO2. The van der Waals surface area contributed by atoms with Gasteiger partial charge in [-0.15, -0.1) is 0 Å². The van der Waals surface area contributed by atoms with Gasteiger partial charge in [-0.2, -0.15) is 0 Å². The molecule has 0 heterocycles. The number of nitrogens with one attached hydrogen (secondary N) is 1. The van der Waals surface area contributed by atoms with E-state index in [0.717, 1.165) is 18.4 Å². The smallest absolute Gasteiger partial charge is 0.328 e. The minimum atomic E-state index is -0.976. The van der Waals surface area contributed by atoms with Crippen molar-refractivity contribution in [2.24, 2.45) is 5.92 Å². The largest absolute Gasteiger partial charge is 0.480 e. The number of rotatable bonds is 5. The minimum Gasteiger partial charge on any atom is -0.480 e. The second kappa shape index (κ2) is 5.74. The van der Waals surface area contributed by atoms with E-state index in [1.807, 2.05) is 44.2 Å². The van der Waals surface area contributed by atoms with E-state index in [1.165, 1.54) is 12.8 Å². The van der Waals surface area contributed by atoms with Crippen molar-refractivity contribution in [1.82, 2.24) is 5.32 Å². The number of benzene rings is 1. The molecule has 1 fully saturated rings. The van der Waals surface area contributed by atoms with Crippen LogP contribution in [-0.2, 0) is 10.3 Å². The molecule has 1 aromatic carbocycles. The Balaban J connectivity index is 2.38. The molecule has 104 valence electrons. The second-order valence-electron chi connectivity index (χ2n) is 5.76. The predicted octanol–water partition coefficient (Wildman–Crippen LogP) is 3.15. The van der Waals surface area contributed by atoms with Gasteiger partial charge in [0.1, 0.15) is 5.54 Å². The number of hydrogen-bond acceptors (Lipinski definition) is 2. The third kappa shape index (κ3) is 2.66. The topological polar surface area (TPSA) is 49.3 Å². The standard InChI is InChI=1S/C16H23NO2/c1-12(2)16(15(18)19,13-8-4-3-5-9-13)17-14-10-6-7-11-14/h3-5,8-9,12,14,17H,6-7,10-11H2,1-2H3,(H,18,19). The SMILES string of the molecule is CC(C)C(NC1CCCC1)(C(=O)O)c1ccccc1. The van der Waals surface area contributed by atoms with E-state index in [4.69, 9.17) is 0 Å². The zero-order valence-corrected chi connectivity index (χ0v) is 11.7. The third-order valence-corrected chi connectivity index (χ3v) is 4.22. The number of carbonyl (C=O) groups is 1. The highest BCUT2D eigenvalue weighted by atomic mass is 16.4. The lowest BCUT2D eigenvalue weighted by Crippen LogP contribution is -2.56. The van der Waals surface area contributed by atoms with Gasteiger partial charge in [0.2, 0.25) is 0 Å². The van der Waals surface area contributed by atoms with Gasteiger partial charge in [0.25, 0.3) is 0 Å². The van der Waals surface area contributed by atoms with Crippen LogP contribution in [0.5, 0.6) is 0 Å². The molecule has 0 radical (unpaired) electrons. The van der Waals surface area contributed by atoms with Gasteiger partial charge < -0.3 is 5.11 Å². The first-order valence-electron chi connectivity index (χ1n) is 7.14. The molecule has 3 heteroatoms. The van der Waals surface area contributed by atoms with E-state index >= 15 is 0 Å². The summed E-state index contributed by atoms with van der Waals surface area (Å²) in [6.07, 6.45) is 4.55. The highest BCUT2D eigenvalue weighted by Gasteiger charge is 2.45. The average molecular weight is 261 g/mol. The van der Waals surface area contributed by atoms with Crippen molar-refractivity contribution in [3.05, 3.63) is 35.9 Å². The van der Waals surface area contributed by atoms with Gasteiger partial charge in [-0.1, -0.05) is 57.0 Å². The highest BCUT2D eigenvalue weighted by molar-refractivity contribution is 5.81. The Labute approximate surface area is 115 Å². The molecule has 3 nitrogen and oxygen atoms in total. The zero-order valence-electron chi connectivity index (χ0n) is 11.7. The molecule has 0 amide bonds. The molecule has 0 aliphatic heterocycles. The Morgan fingerprint density at radius 2 is 1.84 bits per heavy atom. The molecule has 1 aliphatic rings. The zero-order chi connectivity index (χ0) is 13.9. The van der Waals surface area contributed by atoms with Gasteiger partial charge in [0.05, 0.1) is 0 Å². The summed E-state index contributed by atoms with van der Waals surface area (Å²) in [5.41, 5.74) is -0.125. The maximum Gasteiger partial charge on any atom is 0.328 e. The maximum absolute atomic E-state index is 12.0. The van der Waals surface area contributed by atoms with Crippen LogP contribution < -0.4 is 5.32 Å². The third-order valence-electron chi connectivity index (χ3n) is 4.22. The van der Waals surface area contributed by atoms with Crippen LogP contribution in [0.4, 0.5) is 0 Å². The molecule has 2 N–H and O–H groups in total. The van der Waals surface area contributed by atoms with Crippen LogP contribution in [0.2, 0.25) is 0 Å². The van der Waals surface area contributed by atoms with Gasteiger partial charge >= 0.3 is 5.97 Å². The number of aliphatic carboxylic acids is 1. The molecule has 1 aliphatic carbocycles. The molecule has 1 saturated carbocycles. The fraction of sp³-hybridized carbons (Fsp3) is 0.562. The molecular weight excluding hydrogens is 238 g/mol. The van der Waals surface area contributed by atoms with E-state index in [1.54, 1.807) is 0 Å². The fourth-order valence-electron chi connectivity index (χ4n) is 3.11. The van der Waals surface area contributed by atoms with Gasteiger partial charge in [0.15, 0.2) is 0 Å². The summed E-state index contributed by atoms with van der Waals surface area (Å²) >= 11 is 0. The lowest BCUT2D eigenvalue weighted by Gasteiger charge is -2.37. The van der Waals surface area contributed by atoms with E-state index in [0.29, 0.717) is 6.04 Å². The molecule has 0 bridgehead atoms. The van der Waals surface area contributed by atoms with Gasteiger partial charge in [-0.05, 0) is 24.3 Å². The van der Waals surface area contributed by atoms with Crippen LogP contribution in [0.1, 0.15) is 45.1 Å². The van der Waals surface area contributed by atoms with Crippen molar-refractivity contribution in [3.8, 4) is 0 Å². The van der Waals surface area contributed by atoms with E-state index in [-0.39, 0.29) is 5.92 Å². The number of carboxylic acids is 1. The average Bonchev–Trinajstić information content (AvgIpc) is 2.89. The lowest BCUT2D eigenvalue weighted by atomic mass is 9.79. The number of hydrogen-bond donors (Lipinski definition) is 2. The molecule has 1 atom stereocenters. The van der Waals surface area contributed by atoms with Gasteiger partial charge in [0, 0.05) is 6.04 Å². The molecule has 0 saturated heterocycles. The van der Waals surface area contributed by atoms with Crippen LogP contribution >= 0.6 is 0 Å². The summed E-state index contributed by atoms with van der Waals surface area (Å²) in [4.78, 5) is 12.0. The van der Waals surface area contributed by atoms with Crippen LogP contribution in [0.25, 0.3) is 0 Å². The Kier molecular flexibility index (Phi) is 4.25. The molecule has 2 rings (SSSR count). The minimum absolute atomic E-state index is 0.00648. The summed E-state index contributed by atoms with van der Waals surface area (Å²) in [6, 6.07) is 9.88. The first-order chi connectivity index (χ1) is 9.07. The van der Waals surface area contributed by atoms with E-state index in [2.05, 4.69) is 5.32 Å². The Morgan fingerprint density at radius 1 is 1.26 bits per heavy atom. The first-order valence-corrected chi connectivity index (χ1v) is 7.14. The Morgan fingerprint density at radius 3 is 2.32 bits per heavy atom. The normalized spacial score (nSPS) is 19.5. The quantitative estimate of drug-likeness (QED) is 0.856. The number of carboxylic acid groups (broad SMARTS) is 1. The van der Waals surface area contributed by atoms with Crippen molar-refractivity contribution in [1.29, 1.82) is 0 Å². The first kappa shape index (κ1) is 14.1. The summed E-state index contributed by atoms with van der Waals surface area (Å²) < 4.78 is 0. The van der Waals surface area contributed by atoms with Crippen molar-refractivity contribution < 1.29 is 9.90 Å². The van der Waals surface area contributed by atoms with Crippen molar-refractivity contribution >= 4 is 5.97 Å². The van der Waals surface area contributed by atoms with Crippen LogP contribution in [0.15, 0.2) is 30.3 Å². The molecule has 1 aromatic rings. The van der Waals surface area contributed by atoms with Gasteiger partial charge in [-0.3, -0.25) is 5.32 Å². The van der Waals surface area contributed by atoms with Crippen molar-refractivity contribution in [2.75, 3.05) is 0 Å². The summed E-state index contributed by atoms with van der Waals surface area (Å²) in [7, 11) is 0. The summed E-state index contributed by atoms with van der Waals surface area (Å²) in [5.74, 6) is -0.784.